The minimum atomic E-state index is 0.233. The third-order valence-corrected chi connectivity index (χ3v) is 2.50. The Labute approximate surface area is 92.0 Å². The highest BCUT2D eigenvalue weighted by molar-refractivity contribution is 4.65. The monoisotopic (exact) mass is 217 g/mol. The van der Waals surface area contributed by atoms with E-state index in [9.17, 15) is 0 Å². The molecule has 0 spiro atoms. The average molecular weight is 217 g/mol. The normalized spacial score (nSPS) is 21.8. The van der Waals surface area contributed by atoms with Crippen molar-refractivity contribution in [2.75, 3.05) is 39.5 Å². The summed E-state index contributed by atoms with van der Waals surface area (Å²) >= 11 is 0. The Bertz CT molecular complexity index is 138. The Kier molecular flexibility index (Phi) is 7.83. The van der Waals surface area contributed by atoms with Gasteiger partial charge in [-0.25, -0.2) is 0 Å². The highest BCUT2D eigenvalue weighted by Gasteiger charge is 2.12. The molecule has 0 aromatic heterocycles. The largest absolute Gasteiger partial charge is 0.396 e. The maximum absolute atomic E-state index is 8.58. The van der Waals surface area contributed by atoms with Gasteiger partial charge in [0.25, 0.3) is 0 Å². The summed E-state index contributed by atoms with van der Waals surface area (Å²) in [4.78, 5) is 0. The van der Waals surface area contributed by atoms with Crippen LogP contribution < -0.4 is 5.32 Å². The highest BCUT2D eigenvalue weighted by Crippen LogP contribution is 2.01. The quantitative estimate of drug-likeness (QED) is 0.583. The van der Waals surface area contributed by atoms with E-state index in [4.69, 9.17) is 14.6 Å². The fourth-order valence-corrected chi connectivity index (χ4v) is 1.61. The van der Waals surface area contributed by atoms with E-state index in [0.29, 0.717) is 13.2 Å². The number of hydrogen-bond acceptors (Lipinski definition) is 4. The predicted octanol–water partition coefficient (Wildman–Crippen LogP) is 0.544. The van der Waals surface area contributed by atoms with Crippen molar-refractivity contribution < 1.29 is 14.6 Å². The zero-order valence-corrected chi connectivity index (χ0v) is 9.41. The van der Waals surface area contributed by atoms with Crippen molar-refractivity contribution in [3.05, 3.63) is 0 Å². The van der Waals surface area contributed by atoms with Gasteiger partial charge >= 0.3 is 0 Å². The number of morpholine rings is 1. The molecule has 0 saturated carbocycles. The molecule has 1 rings (SSSR count). The number of rotatable bonds is 8. The summed E-state index contributed by atoms with van der Waals surface area (Å²) in [5.74, 6) is 0. The van der Waals surface area contributed by atoms with Crippen LogP contribution in [0.3, 0.4) is 0 Å². The molecule has 4 nitrogen and oxygen atoms in total. The zero-order valence-electron chi connectivity index (χ0n) is 9.41. The van der Waals surface area contributed by atoms with Crippen LogP contribution in [-0.4, -0.2) is 50.7 Å². The molecular formula is C11H23NO3. The molecule has 1 saturated heterocycles. The van der Waals surface area contributed by atoms with Gasteiger partial charge < -0.3 is 19.9 Å². The van der Waals surface area contributed by atoms with Crippen LogP contribution in [0.15, 0.2) is 0 Å². The van der Waals surface area contributed by atoms with E-state index in [2.05, 4.69) is 5.32 Å². The van der Waals surface area contributed by atoms with Crippen molar-refractivity contribution in [3.8, 4) is 0 Å². The number of unbranched alkanes of at least 4 members (excludes halogenated alkanes) is 3. The summed E-state index contributed by atoms with van der Waals surface area (Å²) in [6.45, 7) is 4.48. The average Bonchev–Trinajstić information content (AvgIpc) is 2.29. The molecule has 2 N–H and O–H groups in total. The molecule has 90 valence electrons. The fourth-order valence-electron chi connectivity index (χ4n) is 1.61. The molecule has 1 aliphatic rings. The number of aliphatic hydroxyl groups excluding tert-OH is 1. The van der Waals surface area contributed by atoms with Gasteiger partial charge in [0.15, 0.2) is 0 Å². The fraction of sp³-hybridized carbons (Fsp3) is 1.00. The summed E-state index contributed by atoms with van der Waals surface area (Å²) in [5.41, 5.74) is 0. The molecule has 0 aromatic rings. The van der Waals surface area contributed by atoms with Crippen LogP contribution in [0.4, 0.5) is 0 Å². The first-order chi connectivity index (χ1) is 7.43. The minimum absolute atomic E-state index is 0.233. The topological polar surface area (TPSA) is 50.7 Å². The van der Waals surface area contributed by atoms with Gasteiger partial charge in [-0.2, -0.15) is 0 Å². The first kappa shape index (κ1) is 12.9. The van der Waals surface area contributed by atoms with E-state index in [-0.39, 0.29) is 6.10 Å². The van der Waals surface area contributed by atoms with Crippen LogP contribution in [0.25, 0.3) is 0 Å². The molecule has 0 radical (unpaired) electrons. The zero-order chi connectivity index (χ0) is 10.8. The third-order valence-electron chi connectivity index (χ3n) is 2.50. The van der Waals surface area contributed by atoms with Crippen molar-refractivity contribution in [2.24, 2.45) is 0 Å². The lowest BCUT2D eigenvalue weighted by Crippen LogP contribution is -2.41. The minimum Gasteiger partial charge on any atom is -0.396 e. The third kappa shape index (κ3) is 6.84. The van der Waals surface area contributed by atoms with E-state index in [0.717, 1.165) is 52.0 Å². The van der Waals surface area contributed by atoms with Crippen LogP contribution in [0.2, 0.25) is 0 Å². The molecule has 1 atom stereocenters. The second kappa shape index (κ2) is 9.09. The second-order valence-corrected chi connectivity index (χ2v) is 3.91. The van der Waals surface area contributed by atoms with E-state index < -0.39 is 0 Å². The molecule has 1 heterocycles. The van der Waals surface area contributed by atoms with Gasteiger partial charge in [-0.15, -0.1) is 0 Å². The van der Waals surface area contributed by atoms with E-state index >= 15 is 0 Å². The molecule has 0 amide bonds. The summed E-state index contributed by atoms with van der Waals surface area (Å²) in [7, 11) is 0. The van der Waals surface area contributed by atoms with E-state index in [1.807, 2.05) is 0 Å². The molecular weight excluding hydrogens is 194 g/mol. The van der Waals surface area contributed by atoms with Crippen LogP contribution in [0, 0.1) is 0 Å². The first-order valence-corrected chi connectivity index (χ1v) is 5.94. The van der Waals surface area contributed by atoms with Gasteiger partial charge in [0.05, 0.1) is 19.3 Å². The molecule has 0 bridgehead atoms. The molecule has 1 aliphatic heterocycles. The van der Waals surface area contributed by atoms with Crippen LogP contribution in [-0.2, 0) is 9.47 Å². The summed E-state index contributed by atoms with van der Waals surface area (Å²) in [5, 5.41) is 11.9. The Morgan fingerprint density at radius 3 is 2.87 bits per heavy atom. The van der Waals surface area contributed by atoms with E-state index in [1.165, 1.54) is 0 Å². The standard InChI is InChI=1S/C11H23NO3/c13-6-3-1-2-4-7-14-10-11-9-12-5-8-15-11/h11-13H,1-10H2. The lowest BCUT2D eigenvalue weighted by Gasteiger charge is -2.23. The molecule has 0 aromatic carbocycles. The maximum atomic E-state index is 8.58. The Morgan fingerprint density at radius 2 is 2.13 bits per heavy atom. The number of nitrogens with one attached hydrogen (secondary N) is 1. The Hall–Kier alpha value is -0.160. The van der Waals surface area contributed by atoms with Crippen LogP contribution >= 0.6 is 0 Å². The predicted molar refractivity (Wildman–Crippen MR) is 59.0 cm³/mol. The van der Waals surface area contributed by atoms with E-state index in [1.54, 1.807) is 0 Å². The number of hydrogen-bond donors (Lipinski definition) is 2. The van der Waals surface area contributed by atoms with Gasteiger partial charge in [-0.1, -0.05) is 12.8 Å². The highest BCUT2D eigenvalue weighted by atomic mass is 16.5. The Balaban J connectivity index is 1.79. The summed E-state index contributed by atoms with van der Waals surface area (Å²) < 4.78 is 11.0. The number of aliphatic hydroxyl groups is 1. The van der Waals surface area contributed by atoms with Gasteiger partial charge in [0.1, 0.15) is 0 Å². The van der Waals surface area contributed by atoms with Crippen LogP contribution in [0.5, 0.6) is 0 Å². The van der Waals surface area contributed by atoms with Crippen molar-refractivity contribution in [1.29, 1.82) is 0 Å². The van der Waals surface area contributed by atoms with Gasteiger partial charge in [0.2, 0.25) is 0 Å². The second-order valence-electron chi connectivity index (χ2n) is 3.91. The molecule has 0 aliphatic carbocycles. The van der Waals surface area contributed by atoms with Crippen molar-refractivity contribution >= 4 is 0 Å². The van der Waals surface area contributed by atoms with Crippen molar-refractivity contribution in [2.45, 2.75) is 31.8 Å². The smallest absolute Gasteiger partial charge is 0.0933 e. The number of ether oxygens (including phenoxy) is 2. The molecule has 15 heavy (non-hydrogen) atoms. The lowest BCUT2D eigenvalue weighted by molar-refractivity contribution is -0.0319. The summed E-state index contributed by atoms with van der Waals surface area (Å²) in [6, 6.07) is 0. The SMILES string of the molecule is OCCCCCCOCC1CNCCO1. The van der Waals surface area contributed by atoms with Crippen molar-refractivity contribution in [1.82, 2.24) is 5.32 Å². The maximum Gasteiger partial charge on any atom is 0.0933 e. The van der Waals surface area contributed by atoms with Crippen molar-refractivity contribution in [3.63, 3.8) is 0 Å². The molecule has 1 unspecified atom stereocenters. The van der Waals surface area contributed by atoms with Gasteiger partial charge in [-0.05, 0) is 12.8 Å². The van der Waals surface area contributed by atoms with Gasteiger partial charge in [-0.3, -0.25) is 0 Å². The molecule has 4 heteroatoms. The Morgan fingerprint density at radius 1 is 1.27 bits per heavy atom. The first-order valence-electron chi connectivity index (χ1n) is 5.94. The van der Waals surface area contributed by atoms with Gasteiger partial charge in [0, 0.05) is 26.3 Å². The molecule has 1 fully saturated rings. The lowest BCUT2D eigenvalue weighted by atomic mass is 10.2. The summed E-state index contributed by atoms with van der Waals surface area (Å²) in [6.07, 6.45) is 4.47. The van der Waals surface area contributed by atoms with Crippen LogP contribution in [0.1, 0.15) is 25.7 Å².